The minimum absolute atomic E-state index is 0.220. The third-order valence-corrected chi connectivity index (χ3v) is 5.67. The molecule has 3 aromatic rings. The lowest BCUT2D eigenvalue weighted by Crippen LogP contribution is -2.22. The van der Waals surface area contributed by atoms with Crippen molar-refractivity contribution >= 4 is 34.1 Å². The molecule has 10 heteroatoms. The summed E-state index contributed by atoms with van der Waals surface area (Å²) in [6.07, 6.45) is -5.77. The third-order valence-electron chi connectivity index (χ3n) is 5.19. The molecule has 2 heterocycles. The number of fused-ring (bicyclic) bond motifs is 1. The number of hydrogen-bond acceptors (Lipinski definition) is 4. The van der Waals surface area contributed by atoms with Gasteiger partial charge in [0.1, 0.15) is 12.0 Å². The van der Waals surface area contributed by atoms with Crippen LogP contribution in [0.15, 0.2) is 36.7 Å². The zero-order chi connectivity index (χ0) is 22.5. The SMILES string of the molecule is Cc1c(-c2ccc3cc(NC(=O)[C@@H]4C[C@@H]4F)ncc3c2)cnc([C@H](O)C(F)(F)F)c1Cl. The van der Waals surface area contributed by atoms with E-state index in [1.165, 1.54) is 12.4 Å². The van der Waals surface area contributed by atoms with Crippen LogP contribution in [0.2, 0.25) is 5.02 Å². The van der Waals surface area contributed by atoms with Gasteiger partial charge in [-0.15, -0.1) is 0 Å². The van der Waals surface area contributed by atoms with Crippen LogP contribution >= 0.6 is 11.6 Å². The molecule has 3 atom stereocenters. The Hall–Kier alpha value is -2.78. The number of nitrogens with zero attached hydrogens (tertiary/aromatic N) is 2. The molecule has 4 rings (SSSR count). The van der Waals surface area contributed by atoms with E-state index < -0.39 is 36.0 Å². The molecule has 0 bridgehead atoms. The summed E-state index contributed by atoms with van der Waals surface area (Å²) in [5.41, 5.74) is 0.843. The van der Waals surface area contributed by atoms with Gasteiger partial charge in [0.25, 0.3) is 0 Å². The molecule has 0 radical (unpaired) electrons. The molecule has 1 aliphatic carbocycles. The standard InChI is InChI=1S/C21H16ClF4N3O2/c1-9-14(8-28-18(17(9)22)19(30)21(24,25)26)11-3-2-10-5-16(27-7-12(10)4-11)29-20(31)13-6-15(13)23/h2-5,7-8,13,15,19,30H,6H2,1H3,(H,27,29,31)/t13-,15+,19+/m1/s1. The summed E-state index contributed by atoms with van der Waals surface area (Å²) in [7, 11) is 0. The fourth-order valence-corrected chi connectivity index (χ4v) is 3.52. The molecule has 1 aromatic carbocycles. The number of pyridine rings is 2. The van der Waals surface area contributed by atoms with Gasteiger partial charge in [-0.25, -0.2) is 9.37 Å². The van der Waals surface area contributed by atoms with Crippen LogP contribution < -0.4 is 5.32 Å². The van der Waals surface area contributed by atoms with E-state index in [1.807, 2.05) is 0 Å². The normalized spacial score (nSPS) is 19.3. The second-order valence-corrected chi connectivity index (χ2v) is 7.80. The van der Waals surface area contributed by atoms with Gasteiger partial charge in [-0.1, -0.05) is 23.7 Å². The van der Waals surface area contributed by atoms with Crippen LogP contribution in [-0.4, -0.2) is 33.3 Å². The van der Waals surface area contributed by atoms with Crippen LogP contribution in [0.3, 0.4) is 0 Å². The smallest absolute Gasteiger partial charge is 0.378 e. The Morgan fingerprint density at radius 2 is 1.94 bits per heavy atom. The molecule has 1 amide bonds. The Morgan fingerprint density at radius 3 is 2.58 bits per heavy atom. The van der Waals surface area contributed by atoms with Crippen LogP contribution in [0.4, 0.5) is 23.4 Å². The van der Waals surface area contributed by atoms with Crippen LogP contribution in [0.5, 0.6) is 0 Å². The van der Waals surface area contributed by atoms with Gasteiger partial charge in [0, 0.05) is 23.3 Å². The van der Waals surface area contributed by atoms with Gasteiger partial charge in [-0.2, -0.15) is 13.2 Å². The predicted molar refractivity (Wildman–Crippen MR) is 107 cm³/mol. The maximum Gasteiger partial charge on any atom is 0.420 e. The number of carbonyl (C=O) groups is 1. The quantitative estimate of drug-likeness (QED) is 0.536. The topological polar surface area (TPSA) is 75.1 Å². The Morgan fingerprint density at radius 1 is 1.23 bits per heavy atom. The molecule has 1 saturated carbocycles. The Labute approximate surface area is 179 Å². The van der Waals surface area contributed by atoms with Crippen molar-refractivity contribution in [3.8, 4) is 11.1 Å². The van der Waals surface area contributed by atoms with Gasteiger partial charge < -0.3 is 10.4 Å². The number of carbonyl (C=O) groups excluding carboxylic acids is 1. The molecule has 2 N–H and O–H groups in total. The summed E-state index contributed by atoms with van der Waals surface area (Å²) in [5.74, 6) is -0.733. The van der Waals surface area contributed by atoms with Crippen molar-refractivity contribution in [1.82, 2.24) is 9.97 Å². The Kier molecular flexibility index (Phi) is 5.35. The van der Waals surface area contributed by atoms with Crippen LogP contribution in [0, 0.1) is 12.8 Å². The van der Waals surface area contributed by atoms with E-state index in [9.17, 15) is 27.5 Å². The van der Waals surface area contributed by atoms with Crippen LogP contribution in [-0.2, 0) is 4.79 Å². The van der Waals surface area contributed by atoms with Gasteiger partial charge in [-0.3, -0.25) is 9.78 Å². The number of benzene rings is 1. The first-order chi connectivity index (χ1) is 14.6. The molecule has 0 aliphatic heterocycles. The second-order valence-electron chi connectivity index (χ2n) is 7.42. The van der Waals surface area contributed by atoms with Crippen LogP contribution in [0.1, 0.15) is 23.8 Å². The van der Waals surface area contributed by atoms with Gasteiger partial charge in [-0.05, 0) is 42.0 Å². The van der Waals surface area contributed by atoms with Crippen molar-refractivity contribution in [2.45, 2.75) is 31.8 Å². The summed E-state index contributed by atoms with van der Waals surface area (Å²) < 4.78 is 51.5. The van der Waals surface area contributed by atoms with E-state index in [2.05, 4.69) is 15.3 Å². The molecule has 31 heavy (non-hydrogen) atoms. The van der Waals surface area contributed by atoms with Gasteiger partial charge >= 0.3 is 6.18 Å². The first-order valence-corrected chi connectivity index (χ1v) is 9.69. The van der Waals surface area contributed by atoms with E-state index in [-0.39, 0.29) is 11.4 Å². The van der Waals surface area contributed by atoms with E-state index in [1.54, 1.807) is 31.2 Å². The highest BCUT2D eigenvalue weighted by Gasteiger charge is 2.44. The van der Waals surface area contributed by atoms with E-state index in [0.29, 0.717) is 27.9 Å². The largest absolute Gasteiger partial charge is 0.420 e. The minimum atomic E-state index is -4.88. The number of hydrogen-bond donors (Lipinski definition) is 2. The number of amides is 1. The fourth-order valence-electron chi connectivity index (χ4n) is 3.27. The van der Waals surface area contributed by atoms with Crippen molar-refractivity contribution in [1.29, 1.82) is 0 Å². The fraction of sp³-hybridized carbons (Fsp3) is 0.286. The first kappa shape index (κ1) is 21.5. The van der Waals surface area contributed by atoms with Gasteiger partial charge in [0.15, 0.2) is 6.10 Å². The number of rotatable bonds is 4. The molecule has 0 spiro atoms. The number of aliphatic hydroxyl groups is 1. The number of aromatic nitrogens is 2. The molecule has 1 aliphatic rings. The number of nitrogens with one attached hydrogen (secondary N) is 1. The number of halogens is 5. The van der Waals surface area contributed by atoms with Crippen molar-refractivity contribution in [3.05, 3.63) is 52.9 Å². The molecular formula is C21H16ClF4N3O2. The van der Waals surface area contributed by atoms with Gasteiger partial charge in [0.2, 0.25) is 5.91 Å². The zero-order valence-electron chi connectivity index (χ0n) is 16.0. The van der Waals surface area contributed by atoms with Crippen molar-refractivity contribution in [3.63, 3.8) is 0 Å². The molecular weight excluding hydrogens is 438 g/mol. The first-order valence-electron chi connectivity index (χ1n) is 9.31. The average Bonchev–Trinajstić information content (AvgIpc) is 3.45. The summed E-state index contributed by atoms with van der Waals surface area (Å²) >= 11 is 6.08. The maximum absolute atomic E-state index is 13.0. The maximum atomic E-state index is 13.0. The number of anilines is 1. The Balaban J connectivity index is 1.63. The highest BCUT2D eigenvalue weighted by Crippen LogP contribution is 2.39. The molecule has 2 aromatic heterocycles. The average molecular weight is 454 g/mol. The monoisotopic (exact) mass is 453 g/mol. The summed E-state index contributed by atoms with van der Waals surface area (Å²) in [5, 5.41) is 13.3. The lowest BCUT2D eigenvalue weighted by atomic mass is 9.99. The van der Waals surface area contributed by atoms with E-state index in [4.69, 9.17) is 11.6 Å². The summed E-state index contributed by atoms with van der Waals surface area (Å²) in [6.45, 7) is 1.54. The highest BCUT2D eigenvalue weighted by atomic mass is 35.5. The molecule has 5 nitrogen and oxygen atoms in total. The molecule has 1 fully saturated rings. The van der Waals surface area contributed by atoms with Crippen molar-refractivity contribution < 1.29 is 27.5 Å². The van der Waals surface area contributed by atoms with Crippen LogP contribution in [0.25, 0.3) is 21.9 Å². The minimum Gasteiger partial charge on any atom is -0.378 e. The molecule has 162 valence electrons. The lowest BCUT2D eigenvalue weighted by molar-refractivity contribution is -0.207. The summed E-state index contributed by atoms with van der Waals surface area (Å²) in [4.78, 5) is 19.8. The molecule has 0 saturated heterocycles. The molecule has 0 unspecified atom stereocenters. The lowest BCUT2D eigenvalue weighted by Gasteiger charge is -2.18. The third kappa shape index (κ3) is 4.20. The second kappa shape index (κ2) is 7.72. The summed E-state index contributed by atoms with van der Waals surface area (Å²) in [6, 6.07) is 6.88. The van der Waals surface area contributed by atoms with Gasteiger partial charge in [0.05, 0.1) is 16.6 Å². The highest BCUT2D eigenvalue weighted by molar-refractivity contribution is 6.32. The number of aliphatic hydroxyl groups excluding tert-OH is 1. The zero-order valence-corrected chi connectivity index (χ0v) is 16.8. The predicted octanol–water partition coefficient (Wildman–Crippen LogP) is 5.15. The number of alkyl halides is 4. The van der Waals surface area contributed by atoms with E-state index in [0.717, 1.165) is 5.39 Å². The van der Waals surface area contributed by atoms with E-state index >= 15 is 0 Å². The van der Waals surface area contributed by atoms with Crippen molar-refractivity contribution in [2.75, 3.05) is 5.32 Å². The Bertz CT molecular complexity index is 1190. The van der Waals surface area contributed by atoms with Crippen molar-refractivity contribution in [2.24, 2.45) is 5.92 Å².